The van der Waals surface area contributed by atoms with E-state index in [1.807, 2.05) is 6.92 Å². The molecule has 0 aromatic carbocycles. The molecule has 0 radical (unpaired) electrons. The minimum atomic E-state index is -0.590. The number of aromatic amines is 1. The fourth-order valence-corrected chi connectivity index (χ4v) is 2.13. The van der Waals surface area contributed by atoms with Gasteiger partial charge in [0.1, 0.15) is 5.82 Å². The van der Waals surface area contributed by atoms with Gasteiger partial charge in [0.05, 0.1) is 12.3 Å². The number of carbonyl (C=O) groups excluding carboxylic acids is 1. The van der Waals surface area contributed by atoms with Crippen molar-refractivity contribution in [2.24, 2.45) is 0 Å². The summed E-state index contributed by atoms with van der Waals surface area (Å²) in [6.07, 6.45) is 0.00782. The monoisotopic (exact) mass is 305 g/mol. The first-order valence-electron chi connectivity index (χ1n) is 7.06. The Balaban J connectivity index is 2.45. The van der Waals surface area contributed by atoms with Crippen molar-refractivity contribution in [1.29, 1.82) is 0 Å². The van der Waals surface area contributed by atoms with Crippen LogP contribution in [-0.2, 0) is 11.2 Å². The van der Waals surface area contributed by atoms with Gasteiger partial charge in [-0.3, -0.25) is 15.1 Å². The van der Waals surface area contributed by atoms with E-state index in [0.717, 1.165) is 0 Å². The standard InChI is InChI=1S/C14H19N5O3/c1-5-10-9(4)15-13(17-12(10)20)19-11(7-8(3)18-19)16-14(21)22-6-2/h7H,5-6H2,1-4H3,(H,16,21)(H,15,17,20). The summed E-state index contributed by atoms with van der Waals surface area (Å²) in [6, 6.07) is 1.67. The summed E-state index contributed by atoms with van der Waals surface area (Å²) in [5, 5.41) is 6.82. The molecule has 2 heterocycles. The van der Waals surface area contributed by atoms with Crippen LogP contribution in [0.3, 0.4) is 0 Å². The Kier molecular flexibility index (Phi) is 4.59. The SMILES string of the molecule is CCOC(=O)Nc1cc(C)nn1-c1nc(C)c(CC)c(=O)[nH]1. The summed E-state index contributed by atoms with van der Waals surface area (Å²) < 4.78 is 6.22. The predicted molar refractivity (Wildman–Crippen MR) is 81.5 cm³/mol. The quantitative estimate of drug-likeness (QED) is 0.895. The zero-order chi connectivity index (χ0) is 16.3. The highest BCUT2D eigenvalue weighted by Crippen LogP contribution is 2.14. The van der Waals surface area contributed by atoms with Crippen molar-refractivity contribution >= 4 is 11.9 Å². The van der Waals surface area contributed by atoms with Gasteiger partial charge in [-0.25, -0.2) is 9.78 Å². The van der Waals surface area contributed by atoms with Gasteiger partial charge in [0.2, 0.25) is 5.95 Å². The molecule has 2 aromatic heterocycles. The number of carbonyl (C=O) groups is 1. The molecule has 8 nitrogen and oxygen atoms in total. The van der Waals surface area contributed by atoms with Crippen molar-refractivity contribution in [3.8, 4) is 5.95 Å². The molecule has 2 aromatic rings. The van der Waals surface area contributed by atoms with Crippen LogP contribution >= 0.6 is 0 Å². The average molecular weight is 305 g/mol. The van der Waals surface area contributed by atoms with Crippen LogP contribution in [0.4, 0.5) is 10.6 Å². The third-order valence-electron chi connectivity index (χ3n) is 3.10. The number of H-pyrrole nitrogens is 1. The molecule has 8 heteroatoms. The number of anilines is 1. The second-order valence-corrected chi connectivity index (χ2v) is 4.74. The lowest BCUT2D eigenvalue weighted by Gasteiger charge is -2.09. The van der Waals surface area contributed by atoms with Crippen molar-refractivity contribution < 1.29 is 9.53 Å². The van der Waals surface area contributed by atoms with Crippen LogP contribution in [-0.4, -0.2) is 32.4 Å². The first-order valence-corrected chi connectivity index (χ1v) is 7.06. The fourth-order valence-electron chi connectivity index (χ4n) is 2.13. The smallest absolute Gasteiger partial charge is 0.412 e. The molecule has 0 saturated carbocycles. The normalized spacial score (nSPS) is 10.5. The lowest BCUT2D eigenvalue weighted by Crippen LogP contribution is -2.22. The molecule has 0 bridgehead atoms. The Hall–Kier alpha value is -2.64. The first kappa shape index (κ1) is 15.7. The highest BCUT2D eigenvalue weighted by molar-refractivity contribution is 5.83. The Labute approximate surface area is 127 Å². The van der Waals surface area contributed by atoms with Crippen LogP contribution < -0.4 is 10.9 Å². The van der Waals surface area contributed by atoms with Crippen molar-refractivity contribution in [3.63, 3.8) is 0 Å². The van der Waals surface area contributed by atoms with Crippen LogP contribution in [0, 0.1) is 13.8 Å². The first-order chi connectivity index (χ1) is 10.5. The van der Waals surface area contributed by atoms with Crippen LogP contribution in [0.15, 0.2) is 10.9 Å². The van der Waals surface area contributed by atoms with Gasteiger partial charge in [-0.05, 0) is 27.2 Å². The van der Waals surface area contributed by atoms with Crippen molar-refractivity contribution in [2.75, 3.05) is 11.9 Å². The molecule has 1 amide bonds. The molecule has 118 valence electrons. The molecular formula is C14H19N5O3. The summed E-state index contributed by atoms with van der Waals surface area (Å²) in [7, 11) is 0. The number of amides is 1. The molecule has 2 rings (SSSR count). The average Bonchev–Trinajstić information content (AvgIpc) is 2.79. The van der Waals surface area contributed by atoms with E-state index in [1.54, 1.807) is 26.8 Å². The molecular weight excluding hydrogens is 286 g/mol. The van der Waals surface area contributed by atoms with E-state index in [1.165, 1.54) is 4.68 Å². The Morgan fingerprint density at radius 2 is 2.14 bits per heavy atom. The molecule has 0 atom stereocenters. The zero-order valence-electron chi connectivity index (χ0n) is 13.1. The number of rotatable bonds is 4. The largest absolute Gasteiger partial charge is 0.450 e. The molecule has 0 fully saturated rings. The number of aromatic nitrogens is 4. The van der Waals surface area contributed by atoms with Crippen LogP contribution in [0.2, 0.25) is 0 Å². The van der Waals surface area contributed by atoms with Gasteiger partial charge in [-0.1, -0.05) is 6.92 Å². The summed E-state index contributed by atoms with van der Waals surface area (Å²) in [5.74, 6) is 0.627. The highest BCUT2D eigenvalue weighted by atomic mass is 16.5. The summed E-state index contributed by atoms with van der Waals surface area (Å²) >= 11 is 0. The number of hydrogen-bond donors (Lipinski definition) is 2. The third-order valence-corrected chi connectivity index (χ3v) is 3.10. The lowest BCUT2D eigenvalue weighted by molar-refractivity contribution is 0.167. The van der Waals surface area contributed by atoms with E-state index in [2.05, 4.69) is 20.4 Å². The second-order valence-electron chi connectivity index (χ2n) is 4.74. The maximum Gasteiger partial charge on any atom is 0.412 e. The Bertz CT molecular complexity index is 747. The lowest BCUT2D eigenvalue weighted by atomic mass is 10.2. The molecule has 0 spiro atoms. The number of aryl methyl sites for hydroxylation is 2. The van der Waals surface area contributed by atoms with Gasteiger partial charge in [-0.2, -0.15) is 9.78 Å². The predicted octanol–water partition coefficient (Wildman–Crippen LogP) is 1.70. The molecule has 22 heavy (non-hydrogen) atoms. The molecule has 2 N–H and O–H groups in total. The minimum absolute atomic E-state index is 0.208. The van der Waals surface area contributed by atoms with Gasteiger partial charge >= 0.3 is 6.09 Å². The van der Waals surface area contributed by atoms with Gasteiger partial charge < -0.3 is 4.74 Å². The number of hydrogen-bond acceptors (Lipinski definition) is 5. The number of nitrogens with zero attached hydrogens (tertiary/aromatic N) is 3. The fraction of sp³-hybridized carbons (Fsp3) is 0.429. The van der Waals surface area contributed by atoms with E-state index in [9.17, 15) is 9.59 Å². The van der Waals surface area contributed by atoms with E-state index in [-0.39, 0.29) is 18.1 Å². The molecule has 0 aliphatic heterocycles. The van der Waals surface area contributed by atoms with Gasteiger partial charge in [0, 0.05) is 17.3 Å². The zero-order valence-corrected chi connectivity index (χ0v) is 13.1. The minimum Gasteiger partial charge on any atom is -0.450 e. The number of ether oxygens (including phenoxy) is 1. The summed E-state index contributed by atoms with van der Waals surface area (Å²) in [4.78, 5) is 30.7. The highest BCUT2D eigenvalue weighted by Gasteiger charge is 2.15. The second kappa shape index (κ2) is 6.42. The van der Waals surface area contributed by atoms with Crippen LogP contribution in [0.25, 0.3) is 5.95 Å². The van der Waals surface area contributed by atoms with E-state index in [4.69, 9.17) is 4.74 Å². The third kappa shape index (κ3) is 3.16. The van der Waals surface area contributed by atoms with E-state index in [0.29, 0.717) is 29.2 Å². The Morgan fingerprint density at radius 3 is 2.73 bits per heavy atom. The molecule has 0 aliphatic carbocycles. The maximum atomic E-state index is 12.1. The van der Waals surface area contributed by atoms with E-state index < -0.39 is 6.09 Å². The van der Waals surface area contributed by atoms with Gasteiger partial charge in [-0.15, -0.1) is 0 Å². The van der Waals surface area contributed by atoms with Crippen LogP contribution in [0.5, 0.6) is 0 Å². The van der Waals surface area contributed by atoms with Crippen molar-refractivity contribution in [2.45, 2.75) is 34.1 Å². The molecule has 0 unspecified atom stereocenters. The number of nitrogens with one attached hydrogen (secondary N) is 2. The summed E-state index contributed by atoms with van der Waals surface area (Å²) in [6.45, 7) is 7.42. The molecule has 0 aliphatic rings. The molecule has 0 saturated heterocycles. The summed E-state index contributed by atoms with van der Waals surface area (Å²) in [5.41, 5.74) is 1.73. The maximum absolute atomic E-state index is 12.1. The van der Waals surface area contributed by atoms with Crippen molar-refractivity contribution in [1.82, 2.24) is 19.7 Å². The van der Waals surface area contributed by atoms with Gasteiger partial charge in [0.25, 0.3) is 5.56 Å². The van der Waals surface area contributed by atoms with E-state index >= 15 is 0 Å². The van der Waals surface area contributed by atoms with Crippen molar-refractivity contribution in [3.05, 3.63) is 33.4 Å². The topological polar surface area (TPSA) is 102 Å². The van der Waals surface area contributed by atoms with Crippen LogP contribution in [0.1, 0.15) is 30.8 Å². The Morgan fingerprint density at radius 1 is 1.41 bits per heavy atom. The van der Waals surface area contributed by atoms with Gasteiger partial charge in [0.15, 0.2) is 0 Å².